The highest BCUT2D eigenvalue weighted by atomic mass is 16.6. The van der Waals surface area contributed by atoms with Crippen LogP contribution in [0.2, 0.25) is 0 Å². The van der Waals surface area contributed by atoms with Crippen LogP contribution in [-0.2, 0) is 14.3 Å². The van der Waals surface area contributed by atoms with Crippen LogP contribution in [0.1, 0.15) is 57.4 Å². The summed E-state index contributed by atoms with van der Waals surface area (Å²) < 4.78 is 5.33. The molecular formula is C28H35N3O4. The van der Waals surface area contributed by atoms with Crippen molar-refractivity contribution in [1.29, 1.82) is 0 Å². The number of alkyl carbamates (subject to hydrolysis) is 1. The van der Waals surface area contributed by atoms with Gasteiger partial charge in [0.2, 0.25) is 0 Å². The molecule has 35 heavy (non-hydrogen) atoms. The van der Waals surface area contributed by atoms with E-state index in [0.717, 1.165) is 16.0 Å². The highest BCUT2D eigenvalue weighted by Crippen LogP contribution is 2.27. The van der Waals surface area contributed by atoms with Crippen LogP contribution < -0.4 is 10.6 Å². The Morgan fingerprint density at radius 3 is 2.03 bits per heavy atom. The maximum Gasteiger partial charge on any atom is 0.408 e. The number of amides is 3. The maximum absolute atomic E-state index is 13.7. The van der Waals surface area contributed by atoms with E-state index in [9.17, 15) is 14.4 Å². The number of hydrogen-bond donors (Lipinski definition) is 2. The molecule has 2 unspecified atom stereocenters. The number of nitrogens with one attached hydrogen (secondary N) is 2. The van der Waals surface area contributed by atoms with Gasteiger partial charge in [0, 0.05) is 11.7 Å². The number of terminal acetylenes is 1. The summed E-state index contributed by atoms with van der Waals surface area (Å²) in [6.45, 7) is 12.5. The average Bonchev–Trinajstić information content (AvgIpc) is 2.77. The summed E-state index contributed by atoms with van der Waals surface area (Å²) in [6, 6.07) is 14.8. The zero-order chi connectivity index (χ0) is 26.3. The molecule has 0 saturated carbocycles. The Bertz CT molecular complexity index is 1080. The fraction of sp³-hybridized carbons (Fsp3) is 0.393. The van der Waals surface area contributed by atoms with Crippen molar-refractivity contribution in [3.05, 3.63) is 65.2 Å². The molecule has 2 aromatic carbocycles. The van der Waals surface area contributed by atoms with Gasteiger partial charge < -0.3 is 15.4 Å². The van der Waals surface area contributed by atoms with E-state index in [1.165, 1.54) is 0 Å². The zero-order valence-corrected chi connectivity index (χ0v) is 21.5. The highest BCUT2D eigenvalue weighted by molar-refractivity contribution is 6.00. The molecule has 0 saturated heterocycles. The first-order valence-corrected chi connectivity index (χ1v) is 11.6. The van der Waals surface area contributed by atoms with Crippen molar-refractivity contribution < 1.29 is 19.1 Å². The minimum absolute atomic E-state index is 0.316. The molecule has 0 aromatic heterocycles. The van der Waals surface area contributed by atoms with Crippen LogP contribution in [0.15, 0.2) is 48.5 Å². The number of ether oxygens (including phenoxy) is 1. The monoisotopic (exact) mass is 477 g/mol. The molecular weight excluding hydrogens is 442 g/mol. The predicted molar refractivity (Wildman–Crippen MR) is 137 cm³/mol. The van der Waals surface area contributed by atoms with Gasteiger partial charge in [0.1, 0.15) is 17.7 Å². The van der Waals surface area contributed by atoms with E-state index in [4.69, 9.17) is 11.2 Å². The fourth-order valence-corrected chi connectivity index (χ4v) is 3.62. The smallest absolute Gasteiger partial charge is 0.408 e. The second-order valence-corrected chi connectivity index (χ2v) is 9.77. The third kappa shape index (κ3) is 7.35. The molecule has 7 nitrogen and oxygen atoms in total. The Hall–Kier alpha value is -3.79. The molecule has 0 aliphatic rings. The van der Waals surface area contributed by atoms with Gasteiger partial charge in [0.05, 0.1) is 0 Å². The third-order valence-corrected chi connectivity index (χ3v) is 5.33. The van der Waals surface area contributed by atoms with Gasteiger partial charge in [-0.05, 0) is 57.2 Å². The number of carbonyl (C=O) groups excluding carboxylic acids is 3. The van der Waals surface area contributed by atoms with Crippen LogP contribution >= 0.6 is 0 Å². The lowest BCUT2D eigenvalue weighted by molar-refractivity contribution is -0.137. The van der Waals surface area contributed by atoms with Crippen molar-refractivity contribution in [1.82, 2.24) is 10.2 Å². The first-order chi connectivity index (χ1) is 16.4. The second kappa shape index (κ2) is 11.6. The molecule has 3 amide bonds. The van der Waals surface area contributed by atoms with Gasteiger partial charge in [0.15, 0.2) is 0 Å². The fourth-order valence-electron chi connectivity index (χ4n) is 3.62. The second-order valence-electron chi connectivity index (χ2n) is 9.77. The number of para-hydroxylation sites is 1. The molecule has 2 rings (SSSR count). The van der Waals surface area contributed by atoms with Crippen LogP contribution in [-0.4, -0.2) is 34.5 Å². The lowest BCUT2D eigenvalue weighted by Gasteiger charge is -2.32. The van der Waals surface area contributed by atoms with Crippen LogP contribution in [0.4, 0.5) is 10.5 Å². The van der Waals surface area contributed by atoms with Crippen molar-refractivity contribution in [2.75, 3.05) is 5.32 Å². The van der Waals surface area contributed by atoms with E-state index < -0.39 is 35.6 Å². The van der Waals surface area contributed by atoms with Gasteiger partial charge in [-0.25, -0.2) is 4.79 Å². The molecule has 0 radical (unpaired) electrons. The Kier molecular flexibility index (Phi) is 9.07. The van der Waals surface area contributed by atoms with E-state index in [-0.39, 0.29) is 5.92 Å². The van der Waals surface area contributed by atoms with Crippen molar-refractivity contribution in [2.45, 2.75) is 66.2 Å². The Morgan fingerprint density at radius 2 is 1.54 bits per heavy atom. The van der Waals surface area contributed by atoms with Crippen LogP contribution in [0.3, 0.4) is 0 Å². The molecule has 0 fully saturated rings. The zero-order valence-electron chi connectivity index (χ0n) is 21.5. The van der Waals surface area contributed by atoms with E-state index in [1.807, 2.05) is 38.1 Å². The minimum atomic E-state index is -1.12. The summed E-state index contributed by atoms with van der Waals surface area (Å²) in [5, 5.41) is 5.57. The summed E-state index contributed by atoms with van der Waals surface area (Å²) in [5.41, 5.74) is 2.24. The molecule has 0 aliphatic carbocycles. The third-order valence-electron chi connectivity index (χ3n) is 5.33. The van der Waals surface area contributed by atoms with E-state index >= 15 is 0 Å². The number of carbonyl (C=O) groups is 3. The molecule has 2 atom stereocenters. The van der Waals surface area contributed by atoms with Gasteiger partial charge in [-0.1, -0.05) is 68.8 Å². The highest BCUT2D eigenvalue weighted by Gasteiger charge is 2.37. The maximum atomic E-state index is 13.7. The summed E-state index contributed by atoms with van der Waals surface area (Å²) >= 11 is 0. The SMILES string of the molecule is C#CN(C(=O)C(NC(=O)OC(C)(C)C)C(C)C)C(C(=O)Nc1c(C)cccc1C)c1ccccc1. The van der Waals surface area contributed by atoms with Gasteiger partial charge in [-0.15, -0.1) is 0 Å². The number of rotatable bonds is 7. The lowest BCUT2D eigenvalue weighted by atomic mass is 9.99. The van der Waals surface area contributed by atoms with Gasteiger partial charge in [-0.3, -0.25) is 14.5 Å². The number of benzene rings is 2. The van der Waals surface area contributed by atoms with Gasteiger partial charge >= 0.3 is 6.09 Å². The quantitative estimate of drug-likeness (QED) is 0.436. The van der Waals surface area contributed by atoms with E-state index in [2.05, 4.69) is 16.7 Å². The Labute approximate surface area is 208 Å². The normalized spacial score (nSPS) is 12.8. The molecule has 2 N–H and O–H groups in total. The predicted octanol–water partition coefficient (Wildman–Crippen LogP) is 4.95. The topological polar surface area (TPSA) is 87.7 Å². The minimum Gasteiger partial charge on any atom is -0.444 e. The van der Waals surface area contributed by atoms with Gasteiger partial charge in [0.25, 0.3) is 11.8 Å². The molecule has 2 aromatic rings. The van der Waals surface area contributed by atoms with Crippen molar-refractivity contribution in [3.63, 3.8) is 0 Å². The summed E-state index contributed by atoms with van der Waals surface area (Å²) in [7, 11) is 0. The number of aryl methyl sites for hydroxylation is 2. The molecule has 7 heteroatoms. The van der Waals surface area contributed by atoms with E-state index in [1.54, 1.807) is 58.9 Å². The van der Waals surface area contributed by atoms with Crippen molar-refractivity contribution >= 4 is 23.6 Å². The molecule has 0 spiro atoms. The average molecular weight is 478 g/mol. The summed E-state index contributed by atoms with van der Waals surface area (Å²) in [4.78, 5) is 40.8. The van der Waals surface area contributed by atoms with Crippen LogP contribution in [0.25, 0.3) is 0 Å². The van der Waals surface area contributed by atoms with Crippen molar-refractivity contribution in [2.24, 2.45) is 5.92 Å². The van der Waals surface area contributed by atoms with Gasteiger partial charge in [-0.2, -0.15) is 0 Å². The first kappa shape index (κ1) is 27.5. The number of anilines is 1. The first-order valence-electron chi connectivity index (χ1n) is 11.6. The number of hydrogen-bond acceptors (Lipinski definition) is 4. The van der Waals surface area contributed by atoms with Crippen LogP contribution in [0, 0.1) is 32.2 Å². The Balaban J connectivity index is 2.45. The molecule has 0 aliphatic heterocycles. The largest absolute Gasteiger partial charge is 0.444 e. The molecule has 0 heterocycles. The lowest BCUT2D eigenvalue weighted by Crippen LogP contribution is -2.53. The summed E-state index contributed by atoms with van der Waals surface area (Å²) in [6.07, 6.45) is 5.07. The summed E-state index contributed by atoms with van der Waals surface area (Å²) in [5.74, 6) is -1.36. The standard InChI is InChI=1S/C28H35N3O4/c1-9-31(26(33)22(18(2)3)30-27(34)35-28(6,7)8)24(21-16-11-10-12-17-21)25(32)29-23-19(4)14-13-15-20(23)5/h1,10-18,22,24H,2-8H3,(H,29,32)(H,30,34). The number of nitrogens with zero attached hydrogens (tertiary/aromatic N) is 1. The van der Waals surface area contributed by atoms with Crippen molar-refractivity contribution in [3.8, 4) is 12.5 Å². The van der Waals surface area contributed by atoms with Crippen LogP contribution in [0.5, 0.6) is 0 Å². The molecule has 186 valence electrons. The van der Waals surface area contributed by atoms with E-state index in [0.29, 0.717) is 11.3 Å². The molecule has 0 bridgehead atoms. The Morgan fingerprint density at radius 1 is 0.971 bits per heavy atom.